The Morgan fingerprint density at radius 2 is 1.79 bits per heavy atom. The van der Waals surface area contributed by atoms with Crippen molar-refractivity contribution in [1.29, 1.82) is 0 Å². The first-order valence-electron chi connectivity index (χ1n) is 5.82. The maximum absolute atomic E-state index is 10.9. The molecule has 3 nitrogen and oxygen atoms in total. The van der Waals surface area contributed by atoms with Crippen LogP contribution in [0.2, 0.25) is 5.02 Å². The molecule has 0 aliphatic carbocycles. The summed E-state index contributed by atoms with van der Waals surface area (Å²) in [6.07, 6.45) is 0. The first-order chi connectivity index (χ1) is 8.99. The lowest BCUT2D eigenvalue weighted by Crippen LogP contribution is -2.10. The molecule has 1 N–H and O–H groups in total. The van der Waals surface area contributed by atoms with Crippen molar-refractivity contribution in [2.75, 3.05) is 11.9 Å². The van der Waals surface area contributed by atoms with Gasteiger partial charge in [-0.15, -0.1) is 0 Å². The third-order valence-corrected chi connectivity index (χ3v) is 3.28. The molecule has 2 aromatic rings. The van der Waals surface area contributed by atoms with Gasteiger partial charge in [-0.25, -0.2) is 4.79 Å². The van der Waals surface area contributed by atoms with Crippen LogP contribution in [-0.4, -0.2) is 18.1 Å². The number of aryl methyl sites for hydroxylation is 1. The first kappa shape index (κ1) is 13.4. The lowest BCUT2D eigenvalue weighted by Gasteiger charge is -2.21. The summed E-state index contributed by atoms with van der Waals surface area (Å²) in [5.74, 6) is -0.980. The van der Waals surface area contributed by atoms with Gasteiger partial charge in [0, 0.05) is 12.7 Å². The van der Waals surface area contributed by atoms with E-state index >= 15 is 0 Å². The SMILES string of the molecule is Cc1ccc(N(C)c2ccc(C(=O)O)cc2Cl)cc1. The van der Waals surface area contributed by atoms with Crippen molar-refractivity contribution in [2.24, 2.45) is 0 Å². The molecular formula is C15H14ClNO2. The fourth-order valence-electron chi connectivity index (χ4n) is 1.82. The van der Waals surface area contributed by atoms with Crippen molar-refractivity contribution < 1.29 is 9.90 Å². The molecule has 0 radical (unpaired) electrons. The van der Waals surface area contributed by atoms with Gasteiger partial charge in [0.05, 0.1) is 16.3 Å². The normalized spacial score (nSPS) is 10.3. The van der Waals surface area contributed by atoms with E-state index in [4.69, 9.17) is 16.7 Å². The van der Waals surface area contributed by atoms with Gasteiger partial charge in [0.15, 0.2) is 0 Å². The summed E-state index contributed by atoms with van der Waals surface area (Å²) in [6, 6.07) is 12.8. The molecule has 0 amide bonds. The maximum Gasteiger partial charge on any atom is 0.335 e. The van der Waals surface area contributed by atoms with Crippen LogP contribution in [0, 0.1) is 6.92 Å². The van der Waals surface area contributed by atoms with Gasteiger partial charge < -0.3 is 10.0 Å². The highest BCUT2D eigenvalue weighted by atomic mass is 35.5. The Balaban J connectivity index is 2.36. The minimum absolute atomic E-state index is 0.186. The Bertz CT molecular complexity index is 608. The molecule has 0 bridgehead atoms. The summed E-state index contributed by atoms with van der Waals surface area (Å²) in [7, 11) is 1.90. The summed E-state index contributed by atoms with van der Waals surface area (Å²) in [5, 5.41) is 9.33. The molecule has 0 spiro atoms. The van der Waals surface area contributed by atoms with E-state index in [1.165, 1.54) is 11.6 Å². The molecule has 0 atom stereocenters. The highest BCUT2D eigenvalue weighted by molar-refractivity contribution is 6.33. The molecular weight excluding hydrogens is 262 g/mol. The van der Waals surface area contributed by atoms with Crippen LogP contribution >= 0.6 is 11.6 Å². The Labute approximate surface area is 117 Å². The molecule has 0 saturated carbocycles. The number of nitrogens with zero attached hydrogens (tertiary/aromatic N) is 1. The smallest absolute Gasteiger partial charge is 0.335 e. The summed E-state index contributed by atoms with van der Waals surface area (Å²) in [4.78, 5) is 12.8. The Kier molecular flexibility index (Phi) is 3.76. The van der Waals surface area contributed by atoms with E-state index in [2.05, 4.69) is 0 Å². The van der Waals surface area contributed by atoms with Gasteiger partial charge in [-0.2, -0.15) is 0 Å². The van der Waals surface area contributed by atoms with E-state index in [1.807, 2.05) is 43.1 Å². The Hall–Kier alpha value is -2.00. The second kappa shape index (κ2) is 5.33. The van der Waals surface area contributed by atoms with Gasteiger partial charge in [0.1, 0.15) is 0 Å². The van der Waals surface area contributed by atoms with Gasteiger partial charge in [-0.3, -0.25) is 0 Å². The lowest BCUT2D eigenvalue weighted by molar-refractivity contribution is 0.0697. The predicted octanol–water partition coefficient (Wildman–Crippen LogP) is 4.11. The molecule has 4 heteroatoms. The summed E-state index contributed by atoms with van der Waals surface area (Å²) >= 11 is 6.14. The average molecular weight is 276 g/mol. The quantitative estimate of drug-likeness (QED) is 0.916. The second-order valence-electron chi connectivity index (χ2n) is 4.37. The van der Waals surface area contributed by atoms with Gasteiger partial charge in [-0.05, 0) is 37.3 Å². The standard InChI is InChI=1S/C15H14ClNO2/c1-10-3-6-12(7-4-10)17(2)14-8-5-11(15(18)19)9-13(14)16/h3-9H,1-2H3,(H,18,19). The third kappa shape index (κ3) is 2.88. The van der Waals surface area contributed by atoms with Gasteiger partial charge in [0.25, 0.3) is 0 Å². The zero-order valence-electron chi connectivity index (χ0n) is 10.7. The molecule has 0 fully saturated rings. The van der Waals surface area contributed by atoms with Crippen LogP contribution < -0.4 is 4.90 Å². The zero-order chi connectivity index (χ0) is 14.0. The highest BCUT2D eigenvalue weighted by Gasteiger charge is 2.11. The number of hydrogen-bond donors (Lipinski definition) is 1. The minimum atomic E-state index is -0.980. The molecule has 2 aromatic carbocycles. The topological polar surface area (TPSA) is 40.5 Å². The molecule has 0 aliphatic rings. The number of aromatic carboxylic acids is 1. The van der Waals surface area contributed by atoms with E-state index in [1.54, 1.807) is 12.1 Å². The van der Waals surface area contributed by atoms with Crippen LogP contribution in [-0.2, 0) is 0 Å². The van der Waals surface area contributed by atoms with E-state index < -0.39 is 5.97 Å². The number of carboxylic acids is 1. The number of benzene rings is 2. The number of anilines is 2. The van der Waals surface area contributed by atoms with Crippen LogP contribution in [0.1, 0.15) is 15.9 Å². The molecule has 0 saturated heterocycles. The second-order valence-corrected chi connectivity index (χ2v) is 4.77. The summed E-state index contributed by atoms with van der Waals surface area (Å²) < 4.78 is 0. The lowest BCUT2D eigenvalue weighted by atomic mass is 10.1. The number of carboxylic acid groups (broad SMARTS) is 1. The van der Waals surface area contributed by atoms with E-state index in [9.17, 15) is 4.79 Å². The highest BCUT2D eigenvalue weighted by Crippen LogP contribution is 2.31. The monoisotopic (exact) mass is 275 g/mol. The maximum atomic E-state index is 10.9. The fraction of sp³-hybridized carbons (Fsp3) is 0.133. The molecule has 0 unspecified atom stereocenters. The van der Waals surface area contributed by atoms with Crippen molar-refractivity contribution in [1.82, 2.24) is 0 Å². The van der Waals surface area contributed by atoms with Gasteiger partial charge in [0.2, 0.25) is 0 Å². The van der Waals surface area contributed by atoms with Crippen molar-refractivity contribution in [3.05, 3.63) is 58.6 Å². The van der Waals surface area contributed by atoms with Crippen LogP contribution in [0.3, 0.4) is 0 Å². The van der Waals surface area contributed by atoms with Crippen LogP contribution in [0.5, 0.6) is 0 Å². The summed E-state index contributed by atoms with van der Waals surface area (Å²) in [6.45, 7) is 2.03. The van der Waals surface area contributed by atoms with Crippen LogP contribution in [0.15, 0.2) is 42.5 Å². The summed E-state index contributed by atoms with van der Waals surface area (Å²) in [5.41, 5.74) is 3.14. The number of carbonyl (C=O) groups is 1. The Morgan fingerprint density at radius 1 is 1.16 bits per heavy atom. The Morgan fingerprint density at radius 3 is 2.32 bits per heavy atom. The van der Waals surface area contributed by atoms with Gasteiger partial charge in [-0.1, -0.05) is 29.3 Å². The van der Waals surface area contributed by atoms with Gasteiger partial charge >= 0.3 is 5.97 Å². The molecule has 2 rings (SSSR count). The average Bonchev–Trinajstić information content (AvgIpc) is 2.38. The van der Waals surface area contributed by atoms with E-state index in [0.29, 0.717) is 5.02 Å². The van der Waals surface area contributed by atoms with Crippen molar-refractivity contribution in [3.8, 4) is 0 Å². The predicted molar refractivity (Wildman–Crippen MR) is 77.7 cm³/mol. The molecule has 0 heterocycles. The molecule has 0 aliphatic heterocycles. The van der Waals surface area contributed by atoms with Crippen LogP contribution in [0.4, 0.5) is 11.4 Å². The van der Waals surface area contributed by atoms with Crippen molar-refractivity contribution >= 4 is 28.9 Å². The number of rotatable bonds is 3. The zero-order valence-corrected chi connectivity index (χ0v) is 11.5. The number of hydrogen-bond acceptors (Lipinski definition) is 2. The largest absolute Gasteiger partial charge is 0.478 e. The van der Waals surface area contributed by atoms with Crippen LogP contribution in [0.25, 0.3) is 0 Å². The molecule has 0 aromatic heterocycles. The third-order valence-electron chi connectivity index (χ3n) is 2.98. The molecule has 98 valence electrons. The van der Waals surface area contributed by atoms with E-state index in [0.717, 1.165) is 11.4 Å². The van der Waals surface area contributed by atoms with Crippen molar-refractivity contribution in [3.63, 3.8) is 0 Å². The van der Waals surface area contributed by atoms with E-state index in [-0.39, 0.29) is 5.56 Å². The number of halogens is 1. The fourth-order valence-corrected chi connectivity index (χ4v) is 2.13. The molecule has 19 heavy (non-hydrogen) atoms. The van der Waals surface area contributed by atoms with Crippen molar-refractivity contribution in [2.45, 2.75) is 6.92 Å². The minimum Gasteiger partial charge on any atom is -0.478 e. The first-order valence-corrected chi connectivity index (χ1v) is 6.20.